The number of piperidine rings is 1. The number of aromatic nitrogens is 1. The van der Waals surface area contributed by atoms with Gasteiger partial charge in [-0.05, 0) is 30.4 Å². The van der Waals surface area contributed by atoms with Crippen LogP contribution in [0.15, 0.2) is 23.5 Å². The summed E-state index contributed by atoms with van der Waals surface area (Å²) < 4.78 is 2.03. The Morgan fingerprint density at radius 2 is 2.33 bits per heavy atom. The van der Waals surface area contributed by atoms with E-state index in [-0.39, 0.29) is 24.0 Å². The molecule has 1 aromatic heterocycles. The molecule has 18 heavy (non-hydrogen) atoms. The van der Waals surface area contributed by atoms with Crippen LogP contribution in [0.1, 0.15) is 25.3 Å². The van der Waals surface area contributed by atoms with E-state index >= 15 is 0 Å². The summed E-state index contributed by atoms with van der Waals surface area (Å²) in [6, 6.07) is 2.08. The van der Waals surface area contributed by atoms with Crippen molar-refractivity contribution in [1.29, 1.82) is 0 Å². The molecule has 0 saturated carbocycles. The first-order valence-corrected chi connectivity index (χ1v) is 6.31. The zero-order valence-electron chi connectivity index (χ0n) is 11.2. The average Bonchev–Trinajstić information content (AvgIpc) is 2.72. The van der Waals surface area contributed by atoms with Gasteiger partial charge in [-0.3, -0.25) is 0 Å². The molecule has 5 heteroatoms. The second kappa shape index (κ2) is 7.01. The molecule has 1 saturated heterocycles. The number of likely N-dealkylation sites (tertiary alicyclic amines) is 1. The molecule has 1 aromatic rings. The Labute approximate surface area is 126 Å². The minimum Gasteiger partial charge on any atom is -0.370 e. The molecule has 0 amide bonds. The predicted molar refractivity (Wildman–Crippen MR) is 86.1 cm³/mol. The molecule has 102 valence electrons. The maximum Gasteiger partial charge on any atom is 0.191 e. The van der Waals surface area contributed by atoms with Gasteiger partial charge in [0, 0.05) is 32.5 Å². The summed E-state index contributed by atoms with van der Waals surface area (Å²) in [6.07, 6.45) is 6.64. The van der Waals surface area contributed by atoms with E-state index in [9.17, 15) is 0 Å². The molecule has 1 aliphatic heterocycles. The van der Waals surface area contributed by atoms with Gasteiger partial charge >= 0.3 is 0 Å². The van der Waals surface area contributed by atoms with E-state index in [1.54, 1.807) is 0 Å². The van der Waals surface area contributed by atoms with Crippen LogP contribution in [0.3, 0.4) is 0 Å². The van der Waals surface area contributed by atoms with Gasteiger partial charge in [0.05, 0.1) is 6.54 Å². The first kappa shape index (κ1) is 15.3. The molecule has 0 aliphatic carbocycles. The maximum atomic E-state index is 6.03. The Balaban J connectivity index is 0.00000162. The Morgan fingerprint density at radius 1 is 1.56 bits per heavy atom. The highest BCUT2D eigenvalue weighted by atomic mass is 127. The SMILES string of the molecule is CC1CCCN(C(N)=NCc2ccn(C)c2)C1.I. The molecule has 1 atom stereocenters. The Bertz CT molecular complexity index is 399. The van der Waals surface area contributed by atoms with Gasteiger partial charge in [-0.1, -0.05) is 6.92 Å². The van der Waals surface area contributed by atoms with Crippen molar-refractivity contribution >= 4 is 29.9 Å². The summed E-state index contributed by atoms with van der Waals surface area (Å²) >= 11 is 0. The summed E-state index contributed by atoms with van der Waals surface area (Å²) in [6.45, 7) is 5.05. The fraction of sp³-hybridized carbons (Fsp3) is 0.615. The smallest absolute Gasteiger partial charge is 0.191 e. The van der Waals surface area contributed by atoms with Gasteiger partial charge in [-0.25, -0.2) is 4.99 Å². The standard InChI is InChI=1S/C13H22N4.HI/c1-11-4-3-6-17(9-11)13(14)15-8-12-5-7-16(2)10-12;/h5,7,10-11H,3-4,6,8-9H2,1-2H3,(H2,14,15);1H. The van der Waals surface area contributed by atoms with Gasteiger partial charge in [-0.15, -0.1) is 24.0 Å². The number of nitrogens with zero attached hydrogens (tertiary/aromatic N) is 3. The monoisotopic (exact) mass is 362 g/mol. The molecule has 4 nitrogen and oxygen atoms in total. The van der Waals surface area contributed by atoms with Crippen LogP contribution in [-0.2, 0) is 13.6 Å². The van der Waals surface area contributed by atoms with Crippen LogP contribution >= 0.6 is 24.0 Å². The lowest BCUT2D eigenvalue weighted by atomic mass is 10.0. The molecule has 0 bridgehead atoms. The summed E-state index contributed by atoms with van der Waals surface area (Å²) in [4.78, 5) is 6.68. The van der Waals surface area contributed by atoms with Crippen molar-refractivity contribution in [1.82, 2.24) is 9.47 Å². The van der Waals surface area contributed by atoms with Crippen molar-refractivity contribution in [3.05, 3.63) is 24.0 Å². The van der Waals surface area contributed by atoms with Crippen LogP contribution in [0.4, 0.5) is 0 Å². The Kier molecular flexibility index (Phi) is 5.98. The zero-order chi connectivity index (χ0) is 12.3. The largest absolute Gasteiger partial charge is 0.370 e. The number of nitrogens with two attached hydrogens (primary N) is 1. The Hall–Kier alpha value is -0.720. The molecule has 2 N–H and O–H groups in total. The minimum absolute atomic E-state index is 0. The minimum atomic E-state index is 0. The number of halogens is 1. The van der Waals surface area contributed by atoms with Crippen LogP contribution in [0.25, 0.3) is 0 Å². The van der Waals surface area contributed by atoms with Crippen LogP contribution in [-0.4, -0.2) is 28.5 Å². The lowest BCUT2D eigenvalue weighted by Gasteiger charge is -2.31. The number of hydrogen-bond acceptors (Lipinski definition) is 1. The third-order valence-electron chi connectivity index (χ3n) is 3.30. The van der Waals surface area contributed by atoms with Gasteiger partial charge in [-0.2, -0.15) is 0 Å². The molecule has 0 spiro atoms. The van der Waals surface area contributed by atoms with Gasteiger partial charge in [0.25, 0.3) is 0 Å². The fourth-order valence-electron chi connectivity index (χ4n) is 2.32. The summed E-state index contributed by atoms with van der Waals surface area (Å²) in [7, 11) is 2.02. The van der Waals surface area contributed by atoms with E-state index < -0.39 is 0 Å². The number of rotatable bonds is 2. The van der Waals surface area contributed by atoms with Gasteiger partial charge in [0.2, 0.25) is 0 Å². The van der Waals surface area contributed by atoms with Crippen molar-refractivity contribution in [3.8, 4) is 0 Å². The highest BCUT2D eigenvalue weighted by Gasteiger charge is 2.17. The topological polar surface area (TPSA) is 46.5 Å². The highest BCUT2D eigenvalue weighted by molar-refractivity contribution is 14.0. The first-order valence-electron chi connectivity index (χ1n) is 6.31. The van der Waals surface area contributed by atoms with E-state index in [0.717, 1.165) is 19.0 Å². The second-order valence-electron chi connectivity index (χ2n) is 5.05. The molecule has 0 radical (unpaired) electrons. The molecule has 0 aromatic carbocycles. The van der Waals surface area contributed by atoms with Crippen LogP contribution in [0.2, 0.25) is 0 Å². The number of aryl methyl sites for hydroxylation is 1. The average molecular weight is 362 g/mol. The number of hydrogen-bond donors (Lipinski definition) is 1. The third-order valence-corrected chi connectivity index (χ3v) is 3.30. The van der Waals surface area contributed by atoms with E-state index in [1.165, 1.54) is 18.4 Å². The van der Waals surface area contributed by atoms with Gasteiger partial charge < -0.3 is 15.2 Å². The lowest BCUT2D eigenvalue weighted by molar-refractivity contribution is 0.270. The zero-order valence-corrected chi connectivity index (χ0v) is 13.5. The molecule has 1 unspecified atom stereocenters. The van der Waals surface area contributed by atoms with E-state index in [0.29, 0.717) is 12.5 Å². The van der Waals surface area contributed by atoms with Crippen LogP contribution in [0, 0.1) is 5.92 Å². The molecule has 2 rings (SSSR count). The van der Waals surface area contributed by atoms with E-state index in [4.69, 9.17) is 5.73 Å². The highest BCUT2D eigenvalue weighted by Crippen LogP contribution is 2.15. The maximum absolute atomic E-state index is 6.03. The quantitative estimate of drug-likeness (QED) is 0.498. The van der Waals surface area contributed by atoms with Crippen molar-refractivity contribution in [3.63, 3.8) is 0 Å². The van der Waals surface area contributed by atoms with Crippen LogP contribution < -0.4 is 5.73 Å². The van der Waals surface area contributed by atoms with E-state index in [2.05, 4.69) is 29.1 Å². The van der Waals surface area contributed by atoms with Crippen molar-refractivity contribution < 1.29 is 0 Å². The normalized spacial score (nSPS) is 20.7. The van der Waals surface area contributed by atoms with Crippen molar-refractivity contribution in [2.24, 2.45) is 23.7 Å². The summed E-state index contributed by atoms with van der Waals surface area (Å²) in [5, 5.41) is 0. The summed E-state index contributed by atoms with van der Waals surface area (Å²) in [5.41, 5.74) is 7.24. The van der Waals surface area contributed by atoms with Gasteiger partial charge in [0.15, 0.2) is 5.96 Å². The van der Waals surface area contributed by atoms with E-state index in [1.807, 2.05) is 17.8 Å². The molecular formula is C13H23IN4. The fourth-order valence-corrected chi connectivity index (χ4v) is 2.32. The second-order valence-corrected chi connectivity index (χ2v) is 5.05. The molecular weight excluding hydrogens is 339 g/mol. The first-order chi connectivity index (χ1) is 8.15. The lowest BCUT2D eigenvalue weighted by Crippen LogP contribution is -2.43. The number of aliphatic imine (C=N–C) groups is 1. The van der Waals surface area contributed by atoms with Gasteiger partial charge in [0.1, 0.15) is 0 Å². The van der Waals surface area contributed by atoms with Crippen molar-refractivity contribution in [2.75, 3.05) is 13.1 Å². The number of guanidine groups is 1. The Morgan fingerprint density at radius 3 is 2.94 bits per heavy atom. The predicted octanol–water partition coefficient (Wildman–Crippen LogP) is 2.19. The molecule has 2 heterocycles. The van der Waals surface area contributed by atoms with Crippen LogP contribution in [0.5, 0.6) is 0 Å². The van der Waals surface area contributed by atoms with Crippen molar-refractivity contribution in [2.45, 2.75) is 26.3 Å². The summed E-state index contributed by atoms with van der Waals surface area (Å²) in [5.74, 6) is 1.43. The third kappa shape index (κ3) is 4.19. The molecule has 1 fully saturated rings. The molecule has 1 aliphatic rings.